The van der Waals surface area contributed by atoms with Gasteiger partial charge in [-0.25, -0.2) is 4.98 Å². The van der Waals surface area contributed by atoms with Crippen LogP contribution in [0.3, 0.4) is 0 Å². The van der Waals surface area contributed by atoms with Crippen LogP contribution in [0, 0.1) is 17.0 Å². The van der Waals surface area contributed by atoms with Crippen molar-refractivity contribution in [2.24, 2.45) is 5.10 Å². The maximum atomic E-state index is 12.8. The zero-order valence-electron chi connectivity index (χ0n) is 16.1. The molecule has 0 N–H and O–H groups in total. The van der Waals surface area contributed by atoms with Gasteiger partial charge in [0.15, 0.2) is 5.75 Å². The lowest BCUT2D eigenvalue weighted by molar-refractivity contribution is -0.386. The van der Waals surface area contributed by atoms with Gasteiger partial charge in [-0.05, 0) is 50.6 Å². The largest absolute Gasteiger partial charge is 0.484 e. The molecule has 0 saturated carbocycles. The molecule has 0 aliphatic carbocycles. The third-order valence-corrected chi connectivity index (χ3v) is 4.87. The van der Waals surface area contributed by atoms with Crippen molar-refractivity contribution in [3.05, 3.63) is 72.7 Å². The van der Waals surface area contributed by atoms with Gasteiger partial charge < -0.3 is 4.74 Å². The van der Waals surface area contributed by atoms with Crippen LogP contribution in [0.15, 0.2) is 50.8 Å². The molecule has 1 aromatic heterocycles. The molecule has 0 spiro atoms. The van der Waals surface area contributed by atoms with Crippen LogP contribution in [0.25, 0.3) is 10.9 Å². The van der Waals surface area contributed by atoms with E-state index in [1.54, 1.807) is 25.1 Å². The monoisotopic (exact) mass is 458 g/mol. The highest BCUT2D eigenvalue weighted by atomic mass is 79.9. The highest BCUT2D eigenvalue weighted by Crippen LogP contribution is 2.28. The van der Waals surface area contributed by atoms with Crippen LogP contribution >= 0.6 is 15.9 Å². The number of benzene rings is 2. The summed E-state index contributed by atoms with van der Waals surface area (Å²) in [6.45, 7) is 5.46. The van der Waals surface area contributed by atoms with E-state index in [-0.39, 0.29) is 23.1 Å². The van der Waals surface area contributed by atoms with Crippen molar-refractivity contribution in [2.45, 2.75) is 33.3 Å². The lowest BCUT2D eigenvalue weighted by atomic mass is 10.2. The molecular weight excluding hydrogens is 440 g/mol. The summed E-state index contributed by atoms with van der Waals surface area (Å²) < 4.78 is 7.55. The molecule has 1 atom stereocenters. The van der Waals surface area contributed by atoms with E-state index in [4.69, 9.17) is 4.74 Å². The first-order chi connectivity index (χ1) is 13.8. The zero-order valence-corrected chi connectivity index (χ0v) is 17.7. The maximum absolute atomic E-state index is 12.8. The van der Waals surface area contributed by atoms with E-state index in [1.807, 2.05) is 19.9 Å². The van der Waals surface area contributed by atoms with Crippen molar-refractivity contribution in [3.8, 4) is 5.75 Å². The number of nitrogens with zero attached hydrogens (tertiary/aromatic N) is 4. The van der Waals surface area contributed by atoms with Gasteiger partial charge in [-0.1, -0.05) is 22.9 Å². The predicted octanol–water partition coefficient (Wildman–Crippen LogP) is 4.44. The van der Waals surface area contributed by atoms with Gasteiger partial charge in [0, 0.05) is 16.1 Å². The Hall–Kier alpha value is -3.07. The molecule has 2 aromatic carbocycles. The molecule has 3 aromatic rings. The summed E-state index contributed by atoms with van der Waals surface area (Å²) in [5, 5.41) is 16.0. The summed E-state index contributed by atoms with van der Waals surface area (Å²) >= 11 is 3.35. The Morgan fingerprint density at radius 1 is 1.34 bits per heavy atom. The Balaban J connectivity index is 2.01. The fraction of sp³-hybridized carbons (Fsp3) is 0.250. The highest BCUT2D eigenvalue weighted by Gasteiger charge is 2.17. The lowest BCUT2D eigenvalue weighted by Gasteiger charge is -2.12. The molecule has 0 saturated heterocycles. The van der Waals surface area contributed by atoms with Gasteiger partial charge in [-0.15, -0.1) is 0 Å². The van der Waals surface area contributed by atoms with Crippen molar-refractivity contribution in [2.75, 3.05) is 0 Å². The number of nitro groups is 1. The normalized spacial score (nSPS) is 12.4. The molecule has 0 bridgehead atoms. The smallest absolute Gasteiger partial charge is 0.311 e. The number of rotatable bonds is 6. The van der Waals surface area contributed by atoms with Crippen LogP contribution in [-0.4, -0.2) is 26.9 Å². The first-order valence-corrected chi connectivity index (χ1v) is 9.77. The van der Waals surface area contributed by atoms with Crippen LogP contribution in [0.1, 0.15) is 31.7 Å². The van der Waals surface area contributed by atoms with Crippen molar-refractivity contribution in [1.29, 1.82) is 0 Å². The van der Waals surface area contributed by atoms with E-state index in [0.717, 1.165) is 10.9 Å². The Morgan fingerprint density at radius 2 is 2.10 bits per heavy atom. The minimum Gasteiger partial charge on any atom is -0.484 e. The molecule has 0 radical (unpaired) electrons. The number of nitro benzene ring substituents is 1. The molecule has 0 aliphatic heterocycles. The summed E-state index contributed by atoms with van der Waals surface area (Å²) in [5.41, 5.74) is 0.563. The zero-order chi connectivity index (χ0) is 21.1. The highest BCUT2D eigenvalue weighted by molar-refractivity contribution is 9.10. The van der Waals surface area contributed by atoms with Crippen molar-refractivity contribution in [1.82, 2.24) is 9.66 Å². The molecule has 8 nitrogen and oxygen atoms in total. The van der Waals surface area contributed by atoms with Crippen molar-refractivity contribution < 1.29 is 9.66 Å². The number of hydrogen-bond acceptors (Lipinski definition) is 6. The Bertz CT molecular complexity index is 1170. The van der Waals surface area contributed by atoms with Gasteiger partial charge in [0.25, 0.3) is 5.56 Å². The number of halogens is 1. The van der Waals surface area contributed by atoms with Crippen LogP contribution < -0.4 is 10.3 Å². The molecule has 9 heteroatoms. The molecule has 0 aliphatic rings. The molecule has 1 heterocycles. The van der Waals surface area contributed by atoms with Crippen LogP contribution in [-0.2, 0) is 0 Å². The molecule has 0 fully saturated rings. The summed E-state index contributed by atoms with van der Waals surface area (Å²) in [5.74, 6) is 0.611. The standard InChI is InChI=1S/C20H19BrN4O4/c1-4-12(2)29-19-8-5-14(9-18(19)25(27)28)11-22-24-13(3)23-17-7-6-15(21)10-16(17)20(24)26/h5-12H,4H2,1-3H3/t12-/m0/s1. The number of aryl methyl sites for hydroxylation is 1. The summed E-state index contributed by atoms with van der Waals surface area (Å²) in [6.07, 6.45) is 1.98. The first-order valence-electron chi connectivity index (χ1n) is 8.98. The minimum atomic E-state index is -0.498. The average Bonchev–Trinajstić information content (AvgIpc) is 2.69. The fourth-order valence-corrected chi connectivity index (χ4v) is 3.04. The molecule has 0 unspecified atom stereocenters. The molecule has 0 amide bonds. The van der Waals surface area contributed by atoms with E-state index in [0.29, 0.717) is 22.3 Å². The fourth-order valence-electron chi connectivity index (χ4n) is 2.68. The molecular formula is C20H19BrN4O4. The summed E-state index contributed by atoms with van der Waals surface area (Å²) in [4.78, 5) is 28.1. The Morgan fingerprint density at radius 3 is 2.79 bits per heavy atom. The second-order valence-corrected chi connectivity index (χ2v) is 7.42. The number of ether oxygens (including phenoxy) is 1. The Kier molecular flexibility index (Phi) is 6.07. The van der Waals surface area contributed by atoms with Crippen LogP contribution in [0.5, 0.6) is 5.75 Å². The SMILES string of the molecule is CC[C@H](C)Oc1ccc(C=Nn2c(C)nc3ccc(Br)cc3c2=O)cc1[N+](=O)[O-]. The van der Waals surface area contributed by atoms with Gasteiger partial charge in [0.05, 0.1) is 28.1 Å². The molecule has 29 heavy (non-hydrogen) atoms. The van der Waals surface area contributed by atoms with E-state index in [1.165, 1.54) is 23.0 Å². The predicted molar refractivity (Wildman–Crippen MR) is 115 cm³/mol. The van der Waals surface area contributed by atoms with E-state index < -0.39 is 4.92 Å². The van der Waals surface area contributed by atoms with Gasteiger partial charge in [0.1, 0.15) is 5.82 Å². The maximum Gasteiger partial charge on any atom is 0.311 e. The summed E-state index contributed by atoms with van der Waals surface area (Å²) in [7, 11) is 0. The third kappa shape index (κ3) is 4.51. The molecule has 150 valence electrons. The second-order valence-electron chi connectivity index (χ2n) is 6.50. The van der Waals surface area contributed by atoms with Crippen LogP contribution in [0.4, 0.5) is 5.69 Å². The lowest BCUT2D eigenvalue weighted by Crippen LogP contribution is -2.20. The van der Waals surface area contributed by atoms with Gasteiger partial charge in [-0.2, -0.15) is 9.78 Å². The number of aromatic nitrogens is 2. The van der Waals surface area contributed by atoms with Crippen molar-refractivity contribution >= 4 is 38.7 Å². The van der Waals surface area contributed by atoms with Crippen LogP contribution in [0.2, 0.25) is 0 Å². The van der Waals surface area contributed by atoms with Gasteiger partial charge >= 0.3 is 5.69 Å². The van der Waals surface area contributed by atoms with E-state index >= 15 is 0 Å². The minimum absolute atomic E-state index is 0.141. The topological polar surface area (TPSA) is 99.6 Å². The van der Waals surface area contributed by atoms with Gasteiger partial charge in [-0.3, -0.25) is 14.9 Å². The number of fused-ring (bicyclic) bond motifs is 1. The van der Waals surface area contributed by atoms with Gasteiger partial charge in [0.2, 0.25) is 0 Å². The quantitative estimate of drug-likeness (QED) is 0.308. The third-order valence-electron chi connectivity index (χ3n) is 4.38. The average molecular weight is 459 g/mol. The number of hydrogen-bond donors (Lipinski definition) is 0. The second kappa shape index (κ2) is 8.52. The van der Waals surface area contributed by atoms with E-state index in [9.17, 15) is 14.9 Å². The Labute approximate surface area is 175 Å². The molecule has 3 rings (SSSR count). The summed E-state index contributed by atoms with van der Waals surface area (Å²) in [6, 6.07) is 9.80. The van der Waals surface area contributed by atoms with E-state index in [2.05, 4.69) is 26.0 Å². The van der Waals surface area contributed by atoms with Crippen molar-refractivity contribution in [3.63, 3.8) is 0 Å². The first kappa shape index (κ1) is 20.7.